The lowest BCUT2D eigenvalue weighted by molar-refractivity contribution is 0.180. The lowest BCUT2D eigenvalue weighted by Gasteiger charge is -2.24. The van der Waals surface area contributed by atoms with Crippen molar-refractivity contribution in [2.75, 3.05) is 67.6 Å². The molecule has 168 valence electrons. The van der Waals surface area contributed by atoms with Crippen molar-refractivity contribution < 1.29 is 13.5 Å². The van der Waals surface area contributed by atoms with Crippen LogP contribution in [0, 0.1) is 11.6 Å². The predicted octanol–water partition coefficient (Wildman–Crippen LogP) is 2.71. The Kier molecular flexibility index (Phi) is 15.2. The van der Waals surface area contributed by atoms with Crippen LogP contribution in [-0.4, -0.2) is 83.3 Å². The highest BCUT2D eigenvalue weighted by atomic mass is 127. The van der Waals surface area contributed by atoms with Crippen molar-refractivity contribution >= 4 is 29.9 Å². The van der Waals surface area contributed by atoms with Gasteiger partial charge in [0.1, 0.15) is 11.6 Å². The molecular weight excluding hydrogens is 491 g/mol. The number of nitrogens with zero attached hydrogens (tertiary/aromatic N) is 3. The molecule has 1 atom stereocenters. The summed E-state index contributed by atoms with van der Waals surface area (Å²) in [5.74, 6) is -0.467. The topological polar surface area (TPSA) is 52.1 Å². The SMILES string of the molecule is CCNC(=NCC(c1c(F)cccc1F)N(C)C)NCCN(C)CCCOC.I. The molecule has 0 radical (unpaired) electrons. The van der Waals surface area contributed by atoms with Gasteiger partial charge in [-0.25, -0.2) is 8.78 Å². The Morgan fingerprint density at radius 3 is 2.34 bits per heavy atom. The maximum Gasteiger partial charge on any atom is 0.191 e. The summed E-state index contributed by atoms with van der Waals surface area (Å²) in [5, 5.41) is 6.45. The van der Waals surface area contributed by atoms with Crippen LogP contribution in [0.5, 0.6) is 0 Å². The van der Waals surface area contributed by atoms with Crippen molar-refractivity contribution in [3.05, 3.63) is 35.4 Å². The summed E-state index contributed by atoms with van der Waals surface area (Å²) in [6.07, 6.45) is 0.986. The molecule has 0 aliphatic carbocycles. The molecule has 0 aliphatic rings. The zero-order valence-electron chi connectivity index (χ0n) is 18.2. The summed E-state index contributed by atoms with van der Waals surface area (Å²) in [4.78, 5) is 8.54. The summed E-state index contributed by atoms with van der Waals surface area (Å²) in [7, 11) is 7.35. The van der Waals surface area contributed by atoms with Crippen molar-refractivity contribution in [1.82, 2.24) is 20.4 Å². The third-order valence-electron chi connectivity index (χ3n) is 4.40. The van der Waals surface area contributed by atoms with Crippen LogP contribution >= 0.6 is 24.0 Å². The summed E-state index contributed by atoms with van der Waals surface area (Å²) in [6.45, 7) is 6.20. The Bertz CT molecular complexity index is 584. The van der Waals surface area contributed by atoms with Crippen molar-refractivity contribution in [2.24, 2.45) is 4.99 Å². The minimum absolute atomic E-state index is 0. The minimum atomic E-state index is -0.551. The molecule has 0 bridgehead atoms. The van der Waals surface area contributed by atoms with Gasteiger partial charge in [-0.15, -0.1) is 24.0 Å². The second kappa shape index (κ2) is 15.8. The number of hydrogen-bond donors (Lipinski definition) is 2. The van der Waals surface area contributed by atoms with E-state index in [0.717, 1.165) is 32.7 Å². The molecule has 0 aromatic heterocycles. The molecule has 1 aromatic carbocycles. The highest BCUT2D eigenvalue weighted by molar-refractivity contribution is 14.0. The molecular formula is C20H36F2IN5O. The smallest absolute Gasteiger partial charge is 0.191 e. The van der Waals surface area contributed by atoms with Crippen LogP contribution in [0.1, 0.15) is 24.9 Å². The maximum absolute atomic E-state index is 14.2. The lowest BCUT2D eigenvalue weighted by Crippen LogP contribution is -2.41. The van der Waals surface area contributed by atoms with E-state index in [4.69, 9.17) is 4.74 Å². The quantitative estimate of drug-likeness (QED) is 0.190. The van der Waals surface area contributed by atoms with Crippen molar-refractivity contribution in [1.29, 1.82) is 0 Å². The fourth-order valence-electron chi connectivity index (χ4n) is 2.82. The average Bonchev–Trinajstić information content (AvgIpc) is 2.63. The number of halogens is 3. The molecule has 0 aliphatic heterocycles. The molecule has 1 aromatic rings. The normalized spacial score (nSPS) is 12.8. The van der Waals surface area contributed by atoms with E-state index in [1.54, 1.807) is 26.1 Å². The molecule has 0 heterocycles. The van der Waals surface area contributed by atoms with Gasteiger partial charge in [0.15, 0.2) is 5.96 Å². The predicted molar refractivity (Wildman–Crippen MR) is 126 cm³/mol. The van der Waals surface area contributed by atoms with Gasteiger partial charge in [0.25, 0.3) is 0 Å². The van der Waals surface area contributed by atoms with Crippen LogP contribution in [0.15, 0.2) is 23.2 Å². The largest absolute Gasteiger partial charge is 0.385 e. The Hall–Kier alpha value is -1.04. The minimum Gasteiger partial charge on any atom is -0.385 e. The summed E-state index contributed by atoms with van der Waals surface area (Å²) >= 11 is 0. The monoisotopic (exact) mass is 527 g/mol. The first-order valence-corrected chi connectivity index (χ1v) is 9.70. The van der Waals surface area contributed by atoms with Crippen molar-refractivity contribution in [3.8, 4) is 0 Å². The number of aliphatic imine (C=N–C) groups is 1. The van der Waals surface area contributed by atoms with Gasteiger partial charge in [0.05, 0.1) is 12.6 Å². The van der Waals surface area contributed by atoms with Gasteiger partial charge in [-0.05, 0) is 46.6 Å². The maximum atomic E-state index is 14.2. The molecule has 1 unspecified atom stereocenters. The van der Waals surface area contributed by atoms with Crippen LogP contribution in [0.4, 0.5) is 8.78 Å². The van der Waals surface area contributed by atoms with Crippen LogP contribution in [-0.2, 0) is 4.74 Å². The first kappa shape index (κ1) is 28.0. The van der Waals surface area contributed by atoms with Gasteiger partial charge in [0, 0.05) is 45.5 Å². The number of ether oxygens (including phenoxy) is 1. The molecule has 29 heavy (non-hydrogen) atoms. The van der Waals surface area contributed by atoms with Crippen LogP contribution in [0.3, 0.4) is 0 Å². The number of rotatable bonds is 12. The van der Waals surface area contributed by atoms with Gasteiger partial charge in [-0.2, -0.15) is 0 Å². The Morgan fingerprint density at radius 1 is 1.14 bits per heavy atom. The number of hydrogen-bond acceptors (Lipinski definition) is 4. The second-order valence-electron chi connectivity index (χ2n) is 6.91. The fourth-order valence-corrected chi connectivity index (χ4v) is 2.82. The second-order valence-corrected chi connectivity index (χ2v) is 6.91. The van der Waals surface area contributed by atoms with E-state index >= 15 is 0 Å². The van der Waals surface area contributed by atoms with Crippen LogP contribution < -0.4 is 10.6 Å². The molecule has 2 N–H and O–H groups in total. The van der Waals surface area contributed by atoms with Crippen LogP contribution in [0.2, 0.25) is 0 Å². The van der Waals surface area contributed by atoms with E-state index in [1.165, 1.54) is 18.2 Å². The first-order chi connectivity index (χ1) is 13.4. The Balaban J connectivity index is 0.00000784. The van der Waals surface area contributed by atoms with Gasteiger partial charge >= 0.3 is 0 Å². The Morgan fingerprint density at radius 2 is 1.79 bits per heavy atom. The first-order valence-electron chi connectivity index (χ1n) is 9.70. The zero-order valence-corrected chi connectivity index (χ0v) is 20.5. The highest BCUT2D eigenvalue weighted by Gasteiger charge is 2.22. The highest BCUT2D eigenvalue weighted by Crippen LogP contribution is 2.24. The fraction of sp³-hybridized carbons (Fsp3) is 0.650. The molecule has 0 saturated heterocycles. The van der Waals surface area contributed by atoms with E-state index in [9.17, 15) is 8.78 Å². The number of likely N-dealkylation sites (N-methyl/N-ethyl adjacent to an activating group) is 2. The van der Waals surface area contributed by atoms with E-state index in [-0.39, 0.29) is 36.1 Å². The van der Waals surface area contributed by atoms with Crippen LogP contribution in [0.25, 0.3) is 0 Å². The standard InChI is InChI=1S/C20H35F2N5O.HI/c1-6-23-20(24-11-13-27(4)12-8-14-28-5)25-15-18(26(2)3)19-16(21)9-7-10-17(19)22;/h7,9-10,18H,6,8,11-15H2,1-5H3,(H2,23,24,25);1H. The third kappa shape index (κ3) is 10.5. The molecule has 9 heteroatoms. The van der Waals surface area contributed by atoms with E-state index < -0.39 is 17.7 Å². The molecule has 0 amide bonds. The van der Waals surface area contributed by atoms with Crippen molar-refractivity contribution in [2.45, 2.75) is 19.4 Å². The Labute approximate surface area is 191 Å². The number of guanidine groups is 1. The molecule has 1 rings (SSSR count). The number of methoxy groups -OCH3 is 1. The number of benzene rings is 1. The molecule has 0 saturated carbocycles. The zero-order chi connectivity index (χ0) is 20.9. The van der Waals surface area contributed by atoms with Crippen molar-refractivity contribution in [3.63, 3.8) is 0 Å². The van der Waals surface area contributed by atoms with Gasteiger partial charge in [-0.1, -0.05) is 6.07 Å². The molecule has 6 nitrogen and oxygen atoms in total. The van der Waals surface area contributed by atoms with E-state index in [0.29, 0.717) is 12.5 Å². The third-order valence-corrected chi connectivity index (χ3v) is 4.40. The average molecular weight is 527 g/mol. The summed E-state index contributed by atoms with van der Waals surface area (Å²) < 4.78 is 33.4. The molecule has 0 spiro atoms. The van der Waals surface area contributed by atoms with Gasteiger partial charge < -0.3 is 25.2 Å². The van der Waals surface area contributed by atoms with Gasteiger partial charge in [-0.3, -0.25) is 4.99 Å². The lowest BCUT2D eigenvalue weighted by atomic mass is 10.0. The van der Waals surface area contributed by atoms with E-state index in [2.05, 4.69) is 27.6 Å². The van der Waals surface area contributed by atoms with E-state index in [1.807, 2.05) is 6.92 Å². The summed E-state index contributed by atoms with van der Waals surface area (Å²) in [6, 6.07) is 3.44. The summed E-state index contributed by atoms with van der Waals surface area (Å²) in [5.41, 5.74) is 0.0463. The molecule has 0 fully saturated rings. The van der Waals surface area contributed by atoms with Gasteiger partial charge in [0.2, 0.25) is 0 Å². The number of nitrogens with one attached hydrogen (secondary N) is 2.